The lowest BCUT2D eigenvalue weighted by Gasteiger charge is -2.07. The molecular formula is C19H16N4O2S. The lowest BCUT2D eigenvalue weighted by molar-refractivity contribution is -0.113. The maximum absolute atomic E-state index is 12.2. The zero-order chi connectivity index (χ0) is 18.1. The molecule has 1 amide bonds. The number of anilines is 1. The van der Waals surface area contributed by atoms with Crippen molar-refractivity contribution in [2.24, 2.45) is 0 Å². The number of benzene rings is 2. The molecule has 0 aliphatic rings. The largest absolute Gasteiger partial charge is 0.508 e. The van der Waals surface area contributed by atoms with Crippen LogP contribution in [0.5, 0.6) is 5.75 Å². The van der Waals surface area contributed by atoms with Crippen molar-refractivity contribution in [3.05, 3.63) is 60.2 Å². The van der Waals surface area contributed by atoms with E-state index in [-0.39, 0.29) is 17.4 Å². The topological polar surface area (TPSA) is 79.5 Å². The minimum absolute atomic E-state index is 0.145. The van der Waals surface area contributed by atoms with Crippen LogP contribution in [0.25, 0.3) is 16.6 Å². The number of phenols is 1. The number of hydrogen-bond acceptors (Lipinski definition) is 5. The van der Waals surface area contributed by atoms with Crippen molar-refractivity contribution in [2.45, 2.75) is 12.1 Å². The summed E-state index contributed by atoms with van der Waals surface area (Å²) in [6, 6.07) is 16.4. The summed E-state index contributed by atoms with van der Waals surface area (Å²) in [6.07, 6.45) is 0. The first kappa shape index (κ1) is 16.4. The number of aromatic hydroxyl groups is 1. The van der Waals surface area contributed by atoms with E-state index in [9.17, 15) is 9.90 Å². The third kappa shape index (κ3) is 3.09. The molecule has 0 spiro atoms. The number of aromatic nitrogens is 3. The number of rotatable bonds is 4. The van der Waals surface area contributed by atoms with Crippen molar-refractivity contribution in [3.8, 4) is 5.75 Å². The molecule has 130 valence electrons. The molecule has 2 aromatic heterocycles. The minimum atomic E-state index is -0.145. The fourth-order valence-corrected chi connectivity index (χ4v) is 3.59. The highest BCUT2D eigenvalue weighted by Crippen LogP contribution is 2.25. The standard InChI is InChI=1S/C19H16N4O2S/c1-12-10-17-21-22-19(23(17)16-5-3-2-4-15(12)16)26-11-18(25)20-13-6-8-14(24)9-7-13/h2-10,24H,11H2,1H3,(H,20,25). The van der Waals surface area contributed by atoms with Gasteiger partial charge < -0.3 is 10.4 Å². The Kier molecular flexibility index (Phi) is 4.22. The number of phenolic OH excluding ortho intramolecular Hbond substituents is 1. The van der Waals surface area contributed by atoms with Gasteiger partial charge in [0.2, 0.25) is 5.91 Å². The molecule has 2 N–H and O–H groups in total. The maximum Gasteiger partial charge on any atom is 0.234 e. The molecule has 4 aromatic rings. The second-order valence-electron chi connectivity index (χ2n) is 5.90. The van der Waals surface area contributed by atoms with E-state index in [1.54, 1.807) is 12.1 Å². The zero-order valence-corrected chi connectivity index (χ0v) is 14.8. The highest BCUT2D eigenvalue weighted by Gasteiger charge is 2.13. The highest BCUT2D eigenvalue weighted by molar-refractivity contribution is 7.99. The number of fused-ring (bicyclic) bond motifs is 3. The van der Waals surface area contributed by atoms with Gasteiger partial charge in [-0.1, -0.05) is 30.0 Å². The van der Waals surface area contributed by atoms with E-state index in [1.807, 2.05) is 28.7 Å². The van der Waals surface area contributed by atoms with Gasteiger partial charge >= 0.3 is 0 Å². The highest BCUT2D eigenvalue weighted by atomic mass is 32.2. The summed E-state index contributed by atoms with van der Waals surface area (Å²) in [5.41, 5.74) is 3.57. The number of carbonyl (C=O) groups is 1. The summed E-state index contributed by atoms with van der Waals surface area (Å²) >= 11 is 1.34. The molecule has 0 radical (unpaired) electrons. The van der Waals surface area contributed by atoms with Crippen LogP contribution in [0.1, 0.15) is 5.56 Å². The van der Waals surface area contributed by atoms with Crippen LogP contribution in [-0.2, 0) is 4.79 Å². The third-order valence-corrected chi connectivity index (χ3v) is 4.99. The van der Waals surface area contributed by atoms with E-state index < -0.39 is 0 Å². The van der Waals surface area contributed by atoms with E-state index in [2.05, 4.69) is 28.5 Å². The lowest BCUT2D eigenvalue weighted by atomic mass is 10.1. The summed E-state index contributed by atoms with van der Waals surface area (Å²) < 4.78 is 1.97. The second-order valence-corrected chi connectivity index (χ2v) is 6.85. The van der Waals surface area contributed by atoms with E-state index in [1.165, 1.54) is 23.9 Å². The Labute approximate surface area is 153 Å². The first-order valence-electron chi connectivity index (χ1n) is 8.07. The maximum atomic E-state index is 12.2. The lowest BCUT2D eigenvalue weighted by Crippen LogP contribution is -2.14. The van der Waals surface area contributed by atoms with Gasteiger partial charge in [-0.05, 0) is 48.9 Å². The van der Waals surface area contributed by atoms with Crippen LogP contribution in [0.2, 0.25) is 0 Å². The van der Waals surface area contributed by atoms with Crippen molar-refractivity contribution in [2.75, 3.05) is 11.1 Å². The van der Waals surface area contributed by atoms with Crippen molar-refractivity contribution in [1.29, 1.82) is 0 Å². The van der Waals surface area contributed by atoms with Gasteiger partial charge in [-0.3, -0.25) is 9.20 Å². The number of nitrogens with zero attached hydrogens (tertiary/aromatic N) is 3. The van der Waals surface area contributed by atoms with E-state index in [0.29, 0.717) is 10.8 Å². The fraction of sp³-hybridized carbons (Fsp3) is 0.105. The predicted molar refractivity (Wildman–Crippen MR) is 103 cm³/mol. The molecule has 2 heterocycles. The monoisotopic (exact) mass is 364 g/mol. The molecule has 0 aliphatic carbocycles. The number of aryl methyl sites for hydroxylation is 1. The van der Waals surface area contributed by atoms with Crippen LogP contribution in [0.3, 0.4) is 0 Å². The van der Waals surface area contributed by atoms with Gasteiger partial charge in [0.15, 0.2) is 10.8 Å². The average molecular weight is 364 g/mol. The number of hydrogen-bond donors (Lipinski definition) is 2. The Balaban J connectivity index is 1.57. The normalized spacial score (nSPS) is 11.1. The first-order valence-corrected chi connectivity index (χ1v) is 9.05. The van der Waals surface area contributed by atoms with Crippen LogP contribution >= 0.6 is 11.8 Å². The molecule has 0 atom stereocenters. The van der Waals surface area contributed by atoms with Crippen LogP contribution in [-0.4, -0.2) is 31.4 Å². The van der Waals surface area contributed by atoms with Gasteiger partial charge in [-0.15, -0.1) is 10.2 Å². The van der Waals surface area contributed by atoms with E-state index in [0.717, 1.165) is 22.1 Å². The third-order valence-electron chi connectivity index (χ3n) is 4.06. The van der Waals surface area contributed by atoms with Crippen molar-refractivity contribution < 1.29 is 9.90 Å². The Morgan fingerprint density at radius 2 is 1.92 bits per heavy atom. The van der Waals surface area contributed by atoms with Crippen LogP contribution in [0.15, 0.2) is 59.8 Å². The van der Waals surface area contributed by atoms with E-state index >= 15 is 0 Å². The second kappa shape index (κ2) is 6.68. The fourth-order valence-electron chi connectivity index (χ4n) is 2.84. The Morgan fingerprint density at radius 3 is 2.73 bits per heavy atom. The van der Waals surface area contributed by atoms with Gasteiger partial charge in [0.05, 0.1) is 11.3 Å². The quantitative estimate of drug-likeness (QED) is 0.427. The smallest absolute Gasteiger partial charge is 0.234 e. The van der Waals surface area contributed by atoms with Crippen LogP contribution in [0.4, 0.5) is 5.69 Å². The summed E-state index contributed by atoms with van der Waals surface area (Å²) in [6.45, 7) is 2.05. The average Bonchev–Trinajstić information content (AvgIpc) is 3.05. The molecule has 4 rings (SSSR count). The molecule has 26 heavy (non-hydrogen) atoms. The predicted octanol–water partition coefficient (Wildman–Crippen LogP) is 3.63. The van der Waals surface area contributed by atoms with Gasteiger partial charge in [-0.25, -0.2) is 0 Å². The SMILES string of the molecule is Cc1cc2nnc(SCC(=O)Nc3ccc(O)cc3)n2c2ccccc12. The van der Waals surface area contributed by atoms with Gasteiger partial charge in [-0.2, -0.15) is 0 Å². The Hall–Kier alpha value is -3.06. The molecule has 6 nitrogen and oxygen atoms in total. The van der Waals surface area contributed by atoms with Crippen molar-refractivity contribution in [1.82, 2.24) is 14.6 Å². The molecule has 0 bridgehead atoms. The number of carbonyl (C=O) groups excluding carboxylic acids is 1. The molecule has 2 aromatic carbocycles. The molecular weight excluding hydrogens is 348 g/mol. The summed E-state index contributed by atoms with van der Waals surface area (Å²) in [7, 11) is 0. The van der Waals surface area contributed by atoms with Gasteiger partial charge in [0, 0.05) is 11.1 Å². The minimum Gasteiger partial charge on any atom is -0.508 e. The van der Waals surface area contributed by atoms with Crippen LogP contribution < -0.4 is 5.32 Å². The molecule has 0 saturated heterocycles. The van der Waals surface area contributed by atoms with Crippen molar-refractivity contribution >= 4 is 39.9 Å². The molecule has 0 saturated carbocycles. The number of para-hydroxylation sites is 1. The number of thioether (sulfide) groups is 1. The Morgan fingerprint density at radius 1 is 1.15 bits per heavy atom. The number of amides is 1. The Bertz CT molecular complexity index is 1110. The number of pyridine rings is 1. The summed E-state index contributed by atoms with van der Waals surface area (Å²) in [4.78, 5) is 12.2. The van der Waals surface area contributed by atoms with Crippen LogP contribution in [0, 0.1) is 6.92 Å². The summed E-state index contributed by atoms with van der Waals surface area (Å²) in [5.74, 6) is 0.229. The van der Waals surface area contributed by atoms with E-state index in [4.69, 9.17) is 0 Å². The van der Waals surface area contributed by atoms with Gasteiger partial charge in [0.1, 0.15) is 5.75 Å². The molecule has 0 fully saturated rings. The molecule has 0 unspecified atom stereocenters. The zero-order valence-electron chi connectivity index (χ0n) is 14.0. The van der Waals surface area contributed by atoms with Crippen molar-refractivity contribution in [3.63, 3.8) is 0 Å². The number of nitrogens with one attached hydrogen (secondary N) is 1. The summed E-state index contributed by atoms with van der Waals surface area (Å²) in [5, 5.41) is 22.4. The molecule has 0 aliphatic heterocycles. The molecule has 7 heteroatoms. The first-order chi connectivity index (χ1) is 12.6. The van der Waals surface area contributed by atoms with Gasteiger partial charge in [0.25, 0.3) is 0 Å².